The number of ketones is 1. The molecule has 1 N–H and O–H groups in total. The Kier molecular flexibility index (Phi) is 4.82. The lowest BCUT2D eigenvalue weighted by Gasteiger charge is -2.14. The lowest BCUT2D eigenvalue weighted by molar-refractivity contribution is 0.0995. The molecule has 0 aliphatic heterocycles. The highest BCUT2D eigenvalue weighted by molar-refractivity contribution is 7.98. The number of hydrogen-bond acceptors (Lipinski definition) is 3. The van der Waals surface area contributed by atoms with Crippen molar-refractivity contribution in [1.29, 1.82) is 0 Å². The van der Waals surface area contributed by atoms with Crippen LogP contribution >= 0.6 is 11.8 Å². The fourth-order valence-electron chi connectivity index (χ4n) is 3.54. The molecule has 0 aromatic heterocycles. The van der Waals surface area contributed by atoms with E-state index in [1.807, 2.05) is 66.9 Å². The van der Waals surface area contributed by atoms with Crippen LogP contribution in [0.5, 0.6) is 0 Å². The van der Waals surface area contributed by atoms with Crippen molar-refractivity contribution in [1.82, 2.24) is 0 Å². The second-order valence-corrected chi connectivity index (χ2v) is 7.37. The van der Waals surface area contributed by atoms with Gasteiger partial charge in [-0.2, -0.15) is 0 Å². The number of rotatable bonds is 4. The maximum atomic E-state index is 12.7. The van der Waals surface area contributed by atoms with Gasteiger partial charge in [-0.05, 0) is 53.6 Å². The molecule has 1 aliphatic carbocycles. The fraction of sp³-hybridized carbons (Fsp3) is 0.130. The summed E-state index contributed by atoms with van der Waals surface area (Å²) in [4.78, 5) is 26.3. The standard InChI is InChI=1S/C23H19NO2S/c1-27-17-9-5-8-16(14-17)23(26)24-20-12-10-18(15-6-3-2-4-7-15)19-11-13-21(25)22(19)20/h2-10,12,14H,11,13H2,1H3,(H,24,26). The first-order chi connectivity index (χ1) is 13.2. The van der Waals surface area contributed by atoms with Gasteiger partial charge in [-0.1, -0.05) is 42.5 Å². The molecule has 134 valence electrons. The van der Waals surface area contributed by atoms with E-state index in [0.717, 1.165) is 21.6 Å². The molecule has 0 unspecified atom stereocenters. The summed E-state index contributed by atoms with van der Waals surface area (Å²) >= 11 is 1.59. The van der Waals surface area contributed by atoms with E-state index >= 15 is 0 Å². The highest BCUT2D eigenvalue weighted by Crippen LogP contribution is 2.37. The Balaban J connectivity index is 1.71. The van der Waals surface area contributed by atoms with Gasteiger partial charge in [-0.3, -0.25) is 9.59 Å². The zero-order chi connectivity index (χ0) is 18.8. The number of amides is 1. The van der Waals surface area contributed by atoms with E-state index in [1.54, 1.807) is 17.8 Å². The summed E-state index contributed by atoms with van der Waals surface area (Å²) in [6.45, 7) is 0. The first-order valence-electron chi connectivity index (χ1n) is 8.87. The van der Waals surface area contributed by atoms with Crippen LogP contribution in [0.1, 0.15) is 32.7 Å². The van der Waals surface area contributed by atoms with Crippen LogP contribution in [0, 0.1) is 0 Å². The van der Waals surface area contributed by atoms with Crippen molar-refractivity contribution in [3.8, 4) is 11.1 Å². The van der Waals surface area contributed by atoms with Crippen molar-refractivity contribution in [3.63, 3.8) is 0 Å². The van der Waals surface area contributed by atoms with Gasteiger partial charge in [0.05, 0.1) is 5.69 Å². The number of carbonyl (C=O) groups is 2. The molecule has 0 spiro atoms. The SMILES string of the molecule is CSc1cccc(C(=O)Nc2ccc(-c3ccccc3)c3c2C(=O)CC3)c1. The minimum atomic E-state index is -0.194. The van der Waals surface area contributed by atoms with Crippen molar-refractivity contribution in [2.45, 2.75) is 17.7 Å². The summed E-state index contributed by atoms with van der Waals surface area (Å²) in [5.74, 6) is -0.101. The number of thioether (sulfide) groups is 1. The molecule has 0 saturated heterocycles. The van der Waals surface area contributed by atoms with E-state index in [-0.39, 0.29) is 11.7 Å². The van der Waals surface area contributed by atoms with Gasteiger partial charge in [-0.25, -0.2) is 0 Å². The van der Waals surface area contributed by atoms with Crippen molar-refractivity contribution in [2.24, 2.45) is 0 Å². The summed E-state index contributed by atoms with van der Waals surface area (Å²) in [5.41, 5.74) is 5.04. The monoisotopic (exact) mass is 373 g/mol. The molecule has 3 aromatic rings. The number of fused-ring (bicyclic) bond motifs is 1. The van der Waals surface area contributed by atoms with Crippen LogP contribution in [-0.2, 0) is 6.42 Å². The molecule has 4 heteroatoms. The Hall–Kier alpha value is -2.85. The number of carbonyl (C=O) groups excluding carboxylic acids is 2. The van der Waals surface area contributed by atoms with Crippen LogP contribution in [0.4, 0.5) is 5.69 Å². The minimum absolute atomic E-state index is 0.0935. The highest BCUT2D eigenvalue weighted by Gasteiger charge is 2.27. The van der Waals surface area contributed by atoms with E-state index in [1.165, 1.54) is 0 Å². The Morgan fingerprint density at radius 1 is 0.963 bits per heavy atom. The lowest BCUT2D eigenvalue weighted by Crippen LogP contribution is -2.14. The van der Waals surface area contributed by atoms with Crippen LogP contribution in [-0.4, -0.2) is 17.9 Å². The predicted molar refractivity (Wildman–Crippen MR) is 111 cm³/mol. The molecule has 0 fully saturated rings. The summed E-state index contributed by atoms with van der Waals surface area (Å²) in [5, 5.41) is 2.95. The summed E-state index contributed by atoms with van der Waals surface area (Å²) in [6, 6.07) is 21.4. The molecular formula is C23H19NO2S. The van der Waals surface area contributed by atoms with Crippen molar-refractivity contribution < 1.29 is 9.59 Å². The van der Waals surface area contributed by atoms with E-state index in [2.05, 4.69) is 5.32 Å². The molecule has 1 amide bonds. The molecule has 3 aromatic carbocycles. The Morgan fingerprint density at radius 2 is 1.78 bits per heavy atom. The van der Waals surface area contributed by atoms with Gasteiger partial charge >= 0.3 is 0 Å². The molecule has 27 heavy (non-hydrogen) atoms. The smallest absolute Gasteiger partial charge is 0.255 e. The Bertz CT molecular complexity index is 1030. The number of benzene rings is 3. The van der Waals surface area contributed by atoms with Gasteiger partial charge in [0.15, 0.2) is 5.78 Å². The second kappa shape index (κ2) is 7.41. The van der Waals surface area contributed by atoms with Gasteiger partial charge in [0, 0.05) is 22.4 Å². The maximum Gasteiger partial charge on any atom is 0.255 e. The molecular weight excluding hydrogens is 354 g/mol. The number of Topliss-reactive ketones (excluding diaryl/α,β-unsaturated/α-hetero) is 1. The molecule has 0 heterocycles. The minimum Gasteiger partial charge on any atom is -0.321 e. The molecule has 4 rings (SSSR count). The average Bonchev–Trinajstić information content (AvgIpc) is 3.11. The summed E-state index contributed by atoms with van der Waals surface area (Å²) < 4.78 is 0. The molecule has 0 saturated carbocycles. The predicted octanol–water partition coefficient (Wildman–Crippen LogP) is 5.46. The number of nitrogens with one attached hydrogen (secondary N) is 1. The number of hydrogen-bond donors (Lipinski definition) is 1. The van der Waals surface area contributed by atoms with E-state index in [0.29, 0.717) is 29.7 Å². The van der Waals surface area contributed by atoms with Crippen LogP contribution in [0.15, 0.2) is 71.6 Å². The van der Waals surface area contributed by atoms with Gasteiger partial charge in [0.1, 0.15) is 0 Å². The normalized spacial score (nSPS) is 12.7. The van der Waals surface area contributed by atoms with Gasteiger partial charge in [-0.15, -0.1) is 11.8 Å². The highest BCUT2D eigenvalue weighted by atomic mass is 32.2. The molecule has 3 nitrogen and oxygen atoms in total. The third-order valence-corrected chi connectivity index (χ3v) is 5.58. The van der Waals surface area contributed by atoms with Gasteiger partial charge in [0.2, 0.25) is 0 Å². The van der Waals surface area contributed by atoms with Crippen LogP contribution in [0.2, 0.25) is 0 Å². The molecule has 0 bridgehead atoms. The Labute approximate surface area is 162 Å². The third kappa shape index (κ3) is 3.40. The van der Waals surface area contributed by atoms with Crippen LogP contribution < -0.4 is 5.32 Å². The zero-order valence-electron chi connectivity index (χ0n) is 15.0. The Morgan fingerprint density at radius 3 is 2.56 bits per heavy atom. The maximum absolute atomic E-state index is 12.7. The van der Waals surface area contributed by atoms with E-state index in [9.17, 15) is 9.59 Å². The quantitative estimate of drug-likeness (QED) is 0.618. The fourth-order valence-corrected chi connectivity index (χ4v) is 4.00. The summed E-state index contributed by atoms with van der Waals surface area (Å²) in [6.07, 6.45) is 3.18. The number of anilines is 1. The van der Waals surface area contributed by atoms with Gasteiger partial charge in [0.25, 0.3) is 5.91 Å². The van der Waals surface area contributed by atoms with Crippen molar-refractivity contribution >= 4 is 29.1 Å². The molecule has 0 radical (unpaired) electrons. The topological polar surface area (TPSA) is 46.2 Å². The van der Waals surface area contributed by atoms with E-state index < -0.39 is 0 Å². The average molecular weight is 373 g/mol. The second-order valence-electron chi connectivity index (χ2n) is 6.49. The van der Waals surface area contributed by atoms with Crippen LogP contribution in [0.3, 0.4) is 0 Å². The molecule has 0 atom stereocenters. The first-order valence-corrected chi connectivity index (χ1v) is 10.1. The van der Waals surface area contributed by atoms with Crippen molar-refractivity contribution in [3.05, 3.63) is 83.4 Å². The molecule has 1 aliphatic rings. The zero-order valence-corrected chi connectivity index (χ0v) is 15.8. The van der Waals surface area contributed by atoms with E-state index in [4.69, 9.17) is 0 Å². The lowest BCUT2D eigenvalue weighted by atomic mass is 9.95. The first kappa shape index (κ1) is 17.6. The largest absolute Gasteiger partial charge is 0.321 e. The third-order valence-electron chi connectivity index (χ3n) is 4.86. The van der Waals surface area contributed by atoms with Crippen molar-refractivity contribution in [2.75, 3.05) is 11.6 Å². The van der Waals surface area contributed by atoms with Crippen LogP contribution in [0.25, 0.3) is 11.1 Å². The van der Waals surface area contributed by atoms with Gasteiger partial charge < -0.3 is 5.32 Å². The summed E-state index contributed by atoms with van der Waals surface area (Å²) in [7, 11) is 0.